The normalized spacial score (nSPS) is 34.3. The fraction of sp³-hybridized carbons (Fsp3) is 1.00. The van der Waals surface area contributed by atoms with Crippen LogP contribution in [0.4, 0.5) is 0 Å². The Balaban J connectivity index is 2.14. The van der Waals surface area contributed by atoms with Crippen LogP contribution >= 0.6 is 31.9 Å². The zero-order valence-electron chi connectivity index (χ0n) is 8.56. The average molecular weight is 328 g/mol. The van der Waals surface area contributed by atoms with Crippen LogP contribution in [0.15, 0.2) is 0 Å². The van der Waals surface area contributed by atoms with Crippen molar-refractivity contribution in [1.29, 1.82) is 0 Å². The number of alkyl halides is 2. The molecule has 4 heteroatoms. The van der Waals surface area contributed by atoms with Crippen LogP contribution in [0, 0.1) is 11.8 Å². The van der Waals surface area contributed by atoms with Gasteiger partial charge in [0, 0.05) is 25.5 Å². The minimum atomic E-state index is -0.397. The molecule has 2 rings (SSSR count). The largest absolute Gasteiger partial charge is 0.352 e. The second kappa shape index (κ2) is 3.72. The third-order valence-electron chi connectivity index (χ3n) is 3.53. The summed E-state index contributed by atoms with van der Waals surface area (Å²) in [5.74, 6) is 0.856. The van der Waals surface area contributed by atoms with Gasteiger partial charge in [-0.2, -0.15) is 0 Å². The summed E-state index contributed by atoms with van der Waals surface area (Å²) in [5.41, 5.74) is 0. The van der Waals surface area contributed by atoms with Gasteiger partial charge >= 0.3 is 0 Å². The third kappa shape index (κ3) is 1.49. The summed E-state index contributed by atoms with van der Waals surface area (Å²) in [6, 6.07) is 0. The molecule has 0 aromatic carbocycles. The van der Waals surface area contributed by atoms with Crippen molar-refractivity contribution < 1.29 is 9.47 Å². The second-order valence-electron chi connectivity index (χ2n) is 4.30. The van der Waals surface area contributed by atoms with Crippen LogP contribution in [0.3, 0.4) is 0 Å². The molecular formula is C10H16Br2O2. The molecule has 2 atom stereocenters. The van der Waals surface area contributed by atoms with Crippen LogP contribution in [0.25, 0.3) is 0 Å². The Hall–Kier alpha value is 0.880. The van der Waals surface area contributed by atoms with Gasteiger partial charge < -0.3 is 9.47 Å². The maximum absolute atomic E-state index is 5.68. The first-order valence-corrected chi connectivity index (χ1v) is 6.90. The molecule has 0 aromatic heterocycles. The Bertz CT molecular complexity index is 224. The standard InChI is InChI=1S/C10H16Br2O2/c1-13-10(14-2,9(12)3-4-9)8-5-7(8)6-11/h7-8H,3-6H2,1-2H3. The molecule has 0 aliphatic heterocycles. The molecule has 2 aliphatic rings. The number of hydrogen-bond acceptors (Lipinski definition) is 2. The number of ether oxygens (including phenoxy) is 2. The molecule has 0 radical (unpaired) electrons. The lowest BCUT2D eigenvalue weighted by molar-refractivity contribution is -0.226. The molecule has 82 valence electrons. The molecular weight excluding hydrogens is 312 g/mol. The topological polar surface area (TPSA) is 18.5 Å². The van der Waals surface area contributed by atoms with Gasteiger partial charge in [-0.25, -0.2) is 0 Å². The van der Waals surface area contributed by atoms with Crippen LogP contribution in [0.1, 0.15) is 19.3 Å². The first-order valence-electron chi connectivity index (χ1n) is 4.98. The highest BCUT2D eigenvalue weighted by Gasteiger charge is 2.68. The molecule has 0 aromatic rings. The highest BCUT2D eigenvalue weighted by molar-refractivity contribution is 9.10. The van der Waals surface area contributed by atoms with Gasteiger partial charge in [0.15, 0.2) is 5.79 Å². The van der Waals surface area contributed by atoms with Gasteiger partial charge in [-0.3, -0.25) is 0 Å². The molecule has 2 saturated carbocycles. The van der Waals surface area contributed by atoms with E-state index in [1.54, 1.807) is 14.2 Å². The first-order chi connectivity index (χ1) is 6.63. The van der Waals surface area contributed by atoms with Gasteiger partial charge in [0.05, 0.1) is 4.32 Å². The minimum Gasteiger partial charge on any atom is -0.352 e. The van der Waals surface area contributed by atoms with E-state index in [-0.39, 0.29) is 4.32 Å². The van der Waals surface area contributed by atoms with E-state index in [0.717, 1.165) is 18.2 Å². The molecule has 14 heavy (non-hydrogen) atoms. The molecule has 0 bridgehead atoms. The predicted molar refractivity (Wildman–Crippen MR) is 63.0 cm³/mol. The molecule has 2 nitrogen and oxygen atoms in total. The van der Waals surface area contributed by atoms with Crippen LogP contribution in [0.2, 0.25) is 0 Å². The Kier molecular flexibility index (Phi) is 3.02. The summed E-state index contributed by atoms with van der Waals surface area (Å²) in [6.07, 6.45) is 3.51. The van der Waals surface area contributed by atoms with Crippen LogP contribution < -0.4 is 0 Å². The molecule has 0 saturated heterocycles. The van der Waals surface area contributed by atoms with E-state index in [0.29, 0.717) is 11.8 Å². The number of rotatable bonds is 5. The van der Waals surface area contributed by atoms with Gasteiger partial charge in [-0.05, 0) is 25.2 Å². The lowest BCUT2D eigenvalue weighted by atomic mass is 10.0. The van der Waals surface area contributed by atoms with Gasteiger partial charge in [0.2, 0.25) is 0 Å². The molecule has 0 heterocycles. The van der Waals surface area contributed by atoms with Gasteiger partial charge in [0.25, 0.3) is 0 Å². The van der Waals surface area contributed by atoms with Crippen LogP contribution in [-0.2, 0) is 9.47 Å². The van der Waals surface area contributed by atoms with Gasteiger partial charge in [-0.1, -0.05) is 31.9 Å². The van der Waals surface area contributed by atoms with Crippen molar-refractivity contribution >= 4 is 31.9 Å². The summed E-state index contributed by atoms with van der Waals surface area (Å²) < 4.78 is 11.4. The lowest BCUT2D eigenvalue weighted by Crippen LogP contribution is -2.47. The van der Waals surface area contributed by atoms with Crippen molar-refractivity contribution in [3.8, 4) is 0 Å². The minimum absolute atomic E-state index is 0.0745. The van der Waals surface area contributed by atoms with E-state index in [2.05, 4.69) is 31.9 Å². The molecule has 2 fully saturated rings. The van der Waals surface area contributed by atoms with E-state index in [4.69, 9.17) is 9.47 Å². The summed E-state index contributed by atoms with van der Waals surface area (Å²) in [5, 5.41) is 1.05. The highest BCUT2D eigenvalue weighted by Crippen LogP contribution is 2.63. The van der Waals surface area contributed by atoms with E-state index < -0.39 is 5.79 Å². The van der Waals surface area contributed by atoms with E-state index >= 15 is 0 Å². The Morgan fingerprint density at radius 3 is 2.21 bits per heavy atom. The summed E-state index contributed by atoms with van der Waals surface area (Å²) in [7, 11) is 3.52. The molecule has 0 amide bonds. The zero-order chi connectivity index (χ0) is 10.4. The van der Waals surface area contributed by atoms with E-state index in [1.807, 2.05) is 0 Å². The fourth-order valence-corrected chi connectivity index (χ4v) is 3.96. The maximum Gasteiger partial charge on any atom is 0.186 e. The zero-order valence-corrected chi connectivity index (χ0v) is 11.7. The first kappa shape index (κ1) is 11.4. The Morgan fingerprint density at radius 1 is 1.36 bits per heavy atom. The van der Waals surface area contributed by atoms with Crippen molar-refractivity contribution in [1.82, 2.24) is 0 Å². The SMILES string of the molecule is COC(OC)(C1CC1CBr)C1(Br)CC1. The van der Waals surface area contributed by atoms with Crippen molar-refractivity contribution in [2.45, 2.75) is 29.4 Å². The molecule has 0 spiro atoms. The highest BCUT2D eigenvalue weighted by atomic mass is 79.9. The van der Waals surface area contributed by atoms with Gasteiger partial charge in [0.1, 0.15) is 0 Å². The lowest BCUT2D eigenvalue weighted by Gasteiger charge is -2.36. The second-order valence-corrected chi connectivity index (χ2v) is 6.46. The van der Waals surface area contributed by atoms with Crippen molar-refractivity contribution in [3.05, 3.63) is 0 Å². The van der Waals surface area contributed by atoms with Crippen LogP contribution in [0.5, 0.6) is 0 Å². The predicted octanol–water partition coefficient (Wildman–Crippen LogP) is 2.93. The monoisotopic (exact) mass is 326 g/mol. The van der Waals surface area contributed by atoms with Crippen LogP contribution in [-0.4, -0.2) is 29.7 Å². The fourth-order valence-electron chi connectivity index (χ4n) is 2.43. The molecule has 0 N–H and O–H groups in total. The van der Waals surface area contributed by atoms with Gasteiger partial charge in [-0.15, -0.1) is 0 Å². The number of hydrogen-bond donors (Lipinski definition) is 0. The molecule has 2 unspecified atom stereocenters. The van der Waals surface area contributed by atoms with Crippen molar-refractivity contribution in [3.63, 3.8) is 0 Å². The van der Waals surface area contributed by atoms with Crippen molar-refractivity contribution in [2.24, 2.45) is 11.8 Å². The van der Waals surface area contributed by atoms with E-state index in [1.165, 1.54) is 6.42 Å². The number of methoxy groups -OCH3 is 2. The summed E-state index contributed by atoms with van der Waals surface area (Å²) in [4.78, 5) is 0. The van der Waals surface area contributed by atoms with E-state index in [9.17, 15) is 0 Å². The smallest absolute Gasteiger partial charge is 0.186 e. The summed E-state index contributed by atoms with van der Waals surface area (Å²) in [6.45, 7) is 0. The maximum atomic E-state index is 5.68. The number of halogens is 2. The quantitative estimate of drug-likeness (QED) is 0.571. The Labute approximate surface area is 102 Å². The third-order valence-corrected chi connectivity index (χ3v) is 5.71. The average Bonchev–Trinajstić information content (AvgIpc) is 3.06. The Morgan fingerprint density at radius 2 is 1.93 bits per heavy atom. The summed E-state index contributed by atoms with van der Waals surface area (Å²) >= 11 is 7.29. The van der Waals surface area contributed by atoms with Crippen molar-refractivity contribution in [2.75, 3.05) is 19.5 Å². The molecule has 2 aliphatic carbocycles.